The second-order valence-corrected chi connectivity index (χ2v) is 8.11. The molecule has 172 valence electrons. The molecule has 2 heterocycles. The standard InChI is InChI=1S/C25H27N3O5/c1-16-13-22(32-3)17(2)12-20(16)26-23(29)15-28-14-19(18-6-4-5-7-21(18)28)24(30)25(31)27-8-10-33-11-9-27/h4-7,12-14H,8-11,15H2,1-3H3,(H,26,29). The van der Waals surface area contributed by atoms with Crippen LogP contribution in [0.25, 0.3) is 10.9 Å². The van der Waals surface area contributed by atoms with Crippen LogP contribution in [0.15, 0.2) is 42.6 Å². The van der Waals surface area contributed by atoms with E-state index in [0.29, 0.717) is 48.5 Å². The zero-order chi connectivity index (χ0) is 23.5. The van der Waals surface area contributed by atoms with Crippen molar-refractivity contribution in [3.8, 4) is 5.75 Å². The first-order valence-corrected chi connectivity index (χ1v) is 10.8. The van der Waals surface area contributed by atoms with E-state index < -0.39 is 11.7 Å². The topological polar surface area (TPSA) is 89.9 Å². The molecule has 0 unspecified atom stereocenters. The summed E-state index contributed by atoms with van der Waals surface area (Å²) in [6, 6.07) is 11.0. The molecule has 33 heavy (non-hydrogen) atoms. The summed E-state index contributed by atoms with van der Waals surface area (Å²) < 4.78 is 12.3. The van der Waals surface area contributed by atoms with E-state index in [-0.39, 0.29) is 12.5 Å². The van der Waals surface area contributed by atoms with Gasteiger partial charge in [-0.25, -0.2) is 0 Å². The molecular weight excluding hydrogens is 422 g/mol. The third-order valence-corrected chi connectivity index (χ3v) is 5.86. The van der Waals surface area contributed by atoms with Crippen LogP contribution in [-0.4, -0.2) is 60.5 Å². The Morgan fingerprint density at radius 2 is 1.79 bits per heavy atom. The van der Waals surface area contributed by atoms with Crippen molar-refractivity contribution in [1.29, 1.82) is 0 Å². The van der Waals surface area contributed by atoms with Gasteiger partial charge in [-0.1, -0.05) is 18.2 Å². The van der Waals surface area contributed by atoms with Crippen LogP contribution < -0.4 is 10.1 Å². The Bertz CT molecular complexity index is 1220. The lowest BCUT2D eigenvalue weighted by molar-refractivity contribution is -0.130. The summed E-state index contributed by atoms with van der Waals surface area (Å²) in [5.41, 5.74) is 3.52. The van der Waals surface area contributed by atoms with E-state index in [1.807, 2.05) is 44.2 Å². The molecule has 1 saturated heterocycles. The average molecular weight is 450 g/mol. The van der Waals surface area contributed by atoms with Gasteiger partial charge < -0.3 is 24.3 Å². The maximum Gasteiger partial charge on any atom is 0.295 e. The molecule has 1 aliphatic heterocycles. The number of para-hydroxylation sites is 1. The van der Waals surface area contributed by atoms with Crippen molar-refractivity contribution in [2.75, 3.05) is 38.7 Å². The van der Waals surface area contributed by atoms with Gasteiger partial charge >= 0.3 is 0 Å². The summed E-state index contributed by atoms with van der Waals surface area (Å²) in [4.78, 5) is 40.2. The number of hydrogen-bond donors (Lipinski definition) is 1. The third-order valence-electron chi connectivity index (χ3n) is 5.86. The monoisotopic (exact) mass is 449 g/mol. The van der Waals surface area contributed by atoms with E-state index in [2.05, 4.69) is 5.32 Å². The molecule has 0 saturated carbocycles. The van der Waals surface area contributed by atoms with E-state index in [1.165, 1.54) is 4.90 Å². The van der Waals surface area contributed by atoms with Gasteiger partial charge in [-0.05, 0) is 43.2 Å². The van der Waals surface area contributed by atoms with Crippen LogP contribution in [0, 0.1) is 13.8 Å². The second kappa shape index (κ2) is 9.46. The van der Waals surface area contributed by atoms with Crippen molar-refractivity contribution in [3.63, 3.8) is 0 Å². The Kier molecular flexibility index (Phi) is 6.46. The molecular formula is C25H27N3O5. The summed E-state index contributed by atoms with van der Waals surface area (Å²) in [5, 5.41) is 3.59. The Morgan fingerprint density at radius 3 is 2.52 bits per heavy atom. The minimum absolute atomic E-state index is 0.00402. The molecule has 1 aromatic heterocycles. The van der Waals surface area contributed by atoms with Crippen molar-refractivity contribution in [2.45, 2.75) is 20.4 Å². The van der Waals surface area contributed by atoms with Gasteiger partial charge in [-0.2, -0.15) is 0 Å². The summed E-state index contributed by atoms with van der Waals surface area (Å²) in [5.74, 6) is -0.596. The number of ether oxygens (including phenoxy) is 2. The van der Waals surface area contributed by atoms with Gasteiger partial charge in [0, 0.05) is 35.9 Å². The number of Topliss-reactive ketones (excluding diaryl/α,β-unsaturated/α-hetero) is 1. The molecule has 1 fully saturated rings. The maximum absolute atomic E-state index is 13.0. The Balaban J connectivity index is 1.57. The third kappa shape index (κ3) is 4.61. The van der Waals surface area contributed by atoms with Gasteiger partial charge in [0.15, 0.2) is 0 Å². The number of anilines is 1. The van der Waals surface area contributed by atoms with Gasteiger partial charge in [0.1, 0.15) is 12.3 Å². The van der Waals surface area contributed by atoms with Gasteiger partial charge in [0.05, 0.1) is 25.9 Å². The number of rotatable bonds is 6. The van der Waals surface area contributed by atoms with Crippen LogP contribution in [0.1, 0.15) is 21.5 Å². The lowest BCUT2D eigenvalue weighted by Gasteiger charge is -2.25. The van der Waals surface area contributed by atoms with Crippen LogP contribution in [0.5, 0.6) is 5.75 Å². The van der Waals surface area contributed by atoms with Crippen LogP contribution in [-0.2, 0) is 20.9 Å². The number of aryl methyl sites for hydroxylation is 2. The molecule has 8 nitrogen and oxygen atoms in total. The predicted octanol–water partition coefficient (Wildman–Crippen LogP) is 2.95. The van der Waals surface area contributed by atoms with Crippen molar-refractivity contribution in [2.24, 2.45) is 0 Å². The van der Waals surface area contributed by atoms with E-state index in [1.54, 1.807) is 23.9 Å². The Labute approximate surface area is 192 Å². The van der Waals surface area contributed by atoms with E-state index >= 15 is 0 Å². The fourth-order valence-electron chi connectivity index (χ4n) is 4.07. The molecule has 1 aliphatic rings. The molecule has 0 atom stereocenters. The first-order valence-electron chi connectivity index (χ1n) is 10.8. The smallest absolute Gasteiger partial charge is 0.295 e. The minimum Gasteiger partial charge on any atom is -0.496 e. The molecule has 8 heteroatoms. The number of hydrogen-bond acceptors (Lipinski definition) is 5. The SMILES string of the molecule is COc1cc(C)c(NC(=O)Cn2cc(C(=O)C(=O)N3CCOCC3)c3ccccc32)cc1C. The zero-order valence-corrected chi connectivity index (χ0v) is 19.0. The molecule has 2 aromatic carbocycles. The maximum atomic E-state index is 13.0. The van der Waals surface area contributed by atoms with Crippen molar-refractivity contribution >= 4 is 34.2 Å². The molecule has 1 N–H and O–H groups in total. The number of carbonyl (C=O) groups excluding carboxylic acids is 3. The molecule has 2 amide bonds. The van der Waals surface area contributed by atoms with Crippen LogP contribution >= 0.6 is 0 Å². The van der Waals surface area contributed by atoms with Crippen LogP contribution in [0.4, 0.5) is 5.69 Å². The molecule has 4 rings (SSSR count). The number of nitrogens with one attached hydrogen (secondary N) is 1. The lowest BCUT2D eigenvalue weighted by atomic mass is 10.1. The molecule has 3 aromatic rings. The largest absolute Gasteiger partial charge is 0.496 e. The number of benzene rings is 2. The summed E-state index contributed by atoms with van der Waals surface area (Å²) in [7, 11) is 1.61. The lowest BCUT2D eigenvalue weighted by Crippen LogP contribution is -2.44. The fourth-order valence-corrected chi connectivity index (χ4v) is 4.07. The average Bonchev–Trinajstić information content (AvgIpc) is 3.19. The fraction of sp³-hybridized carbons (Fsp3) is 0.320. The van der Waals surface area contributed by atoms with E-state index in [0.717, 1.165) is 16.9 Å². The molecule has 0 spiro atoms. The summed E-state index contributed by atoms with van der Waals surface area (Å²) in [6.45, 7) is 5.45. The van der Waals surface area contributed by atoms with Gasteiger partial charge in [0.25, 0.3) is 11.7 Å². The molecule has 0 radical (unpaired) electrons. The predicted molar refractivity (Wildman–Crippen MR) is 125 cm³/mol. The highest BCUT2D eigenvalue weighted by Gasteiger charge is 2.27. The molecule has 0 aliphatic carbocycles. The van der Waals surface area contributed by atoms with Gasteiger partial charge in [-0.15, -0.1) is 0 Å². The highest BCUT2D eigenvalue weighted by molar-refractivity contribution is 6.44. The number of carbonyl (C=O) groups is 3. The Morgan fingerprint density at radius 1 is 1.06 bits per heavy atom. The van der Waals surface area contributed by atoms with Gasteiger partial charge in [-0.3, -0.25) is 14.4 Å². The number of nitrogens with zero attached hydrogens (tertiary/aromatic N) is 2. The van der Waals surface area contributed by atoms with Crippen molar-refractivity contribution in [1.82, 2.24) is 9.47 Å². The highest BCUT2D eigenvalue weighted by atomic mass is 16.5. The van der Waals surface area contributed by atoms with E-state index in [4.69, 9.17) is 9.47 Å². The summed E-state index contributed by atoms with van der Waals surface area (Å²) >= 11 is 0. The van der Waals surface area contributed by atoms with Gasteiger partial charge in [0.2, 0.25) is 5.91 Å². The highest BCUT2D eigenvalue weighted by Crippen LogP contribution is 2.27. The number of ketones is 1. The number of amides is 2. The van der Waals surface area contributed by atoms with Crippen LogP contribution in [0.3, 0.4) is 0 Å². The normalized spacial score (nSPS) is 13.7. The van der Waals surface area contributed by atoms with Crippen LogP contribution in [0.2, 0.25) is 0 Å². The zero-order valence-electron chi connectivity index (χ0n) is 19.0. The number of morpholine rings is 1. The van der Waals surface area contributed by atoms with Crippen molar-refractivity contribution < 1.29 is 23.9 Å². The first kappa shape index (κ1) is 22.5. The second-order valence-electron chi connectivity index (χ2n) is 8.11. The number of methoxy groups -OCH3 is 1. The van der Waals surface area contributed by atoms with Crippen molar-refractivity contribution in [3.05, 3.63) is 59.3 Å². The Hall–Kier alpha value is -3.65. The van der Waals surface area contributed by atoms with E-state index in [9.17, 15) is 14.4 Å². The molecule has 0 bridgehead atoms. The first-order chi connectivity index (χ1) is 15.9. The quantitative estimate of drug-likeness (QED) is 0.462. The number of fused-ring (bicyclic) bond motifs is 1. The number of aromatic nitrogens is 1. The summed E-state index contributed by atoms with van der Waals surface area (Å²) in [6.07, 6.45) is 1.59. The minimum atomic E-state index is -0.575.